The predicted octanol–water partition coefficient (Wildman–Crippen LogP) is 4.28. The molecule has 0 aliphatic carbocycles. The lowest BCUT2D eigenvalue weighted by Crippen LogP contribution is -2.41. The molecule has 1 fully saturated rings. The fourth-order valence-electron chi connectivity index (χ4n) is 3.66. The van der Waals surface area contributed by atoms with Crippen LogP contribution in [0.1, 0.15) is 43.5 Å². The number of ether oxygens (including phenoxy) is 2. The maximum Gasteiger partial charge on any atom is 0.251 e. The molecule has 0 radical (unpaired) electrons. The number of piperidine rings is 1. The summed E-state index contributed by atoms with van der Waals surface area (Å²) in [6.07, 6.45) is 3.23. The van der Waals surface area contributed by atoms with E-state index in [4.69, 9.17) is 9.47 Å². The first-order valence-electron chi connectivity index (χ1n) is 10.3. The average molecular weight is 421 g/mol. The van der Waals surface area contributed by atoms with Crippen molar-refractivity contribution in [2.45, 2.75) is 45.3 Å². The molecule has 2 aromatic rings. The minimum absolute atomic E-state index is 0. The molecule has 0 saturated carbocycles. The molecule has 3 rings (SSSR count). The molecule has 0 aromatic heterocycles. The Bertz CT molecular complexity index is 789. The molecule has 6 heteroatoms. The monoisotopic (exact) mass is 420 g/mol. The maximum absolute atomic E-state index is 12.3. The summed E-state index contributed by atoms with van der Waals surface area (Å²) in [6, 6.07) is 12.5. The highest BCUT2D eigenvalue weighted by Crippen LogP contribution is 2.25. The number of likely N-dealkylation sites (tertiary alicyclic amines) is 1. The summed E-state index contributed by atoms with van der Waals surface area (Å²) < 4.78 is 11.2. The van der Waals surface area contributed by atoms with Crippen molar-refractivity contribution in [3.63, 3.8) is 0 Å². The number of halogens is 1. The van der Waals surface area contributed by atoms with E-state index in [1.54, 1.807) is 7.11 Å². The third-order valence-corrected chi connectivity index (χ3v) is 5.39. The van der Waals surface area contributed by atoms with Gasteiger partial charge in [0.05, 0.1) is 0 Å². The highest BCUT2D eigenvalue weighted by Gasteiger charge is 2.22. The van der Waals surface area contributed by atoms with Crippen LogP contribution in [0, 0.1) is 0 Å². The molecular weight excluding hydrogens is 388 g/mol. The van der Waals surface area contributed by atoms with Crippen molar-refractivity contribution in [3.8, 4) is 5.75 Å². The van der Waals surface area contributed by atoms with Crippen LogP contribution >= 0.6 is 12.4 Å². The minimum Gasteiger partial charge on any atom is -0.490 e. The topological polar surface area (TPSA) is 50.8 Å². The fraction of sp³-hybridized carbons (Fsp3) is 0.522. The van der Waals surface area contributed by atoms with E-state index in [2.05, 4.69) is 30.1 Å². The Morgan fingerprint density at radius 2 is 1.83 bits per heavy atom. The van der Waals surface area contributed by atoms with E-state index in [1.165, 1.54) is 0 Å². The first kappa shape index (κ1) is 23.5. The van der Waals surface area contributed by atoms with Gasteiger partial charge in [-0.15, -0.1) is 12.4 Å². The van der Waals surface area contributed by atoms with Crippen molar-refractivity contribution in [1.29, 1.82) is 0 Å². The predicted molar refractivity (Wildman–Crippen MR) is 120 cm³/mol. The molecule has 2 aromatic carbocycles. The van der Waals surface area contributed by atoms with Crippen molar-refractivity contribution in [2.24, 2.45) is 0 Å². The molecule has 1 aliphatic heterocycles. The van der Waals surface area contributed by atoms with Crippen molar-refractivity contribution < 1.29 is 14.3 Å². The van der Waals surface area contributed by atoms with Gasteiger partial charge in [-0.3, -0.25) is 4.79 Å². The van der Waals surface area contributed by atoms with Crippen LogP contribution in [0.3, 0.4) is 0 Å². The smallest absolute Gasteiger partial charge is 0.251 e. The Morgan fingerprint density at radius 3 is 2.52 bits per heavy atom. The molecule has 1 saturated heterocycles. The molecule has 29 heavy (non-hydrogen) atoms. The number of rotatable bonds is 8. The number of hydrogen-bond donors (Lipinski definition) is 1. The van der Waals surface area contributed by atoms with Gasteiger partial charge in [-0.25, -0.2) is 0 Å². The minimum atomic E-state index is -0.0461. The van der Waals surface area contributed by atoms with Crippen molar-refractivity contribution in [2.75, 3.05) is 33.4 Å². The SMILES string of the molecule is COCCCNC(=O)c1ccc2cc(OC3CCN(C(C)C)CC3)ccc2c1.Cl. The van der Waals surface area contributed by atoms with Gasteiger partial charge in [0.15, 0.2) is 0 Å². The van der Waals surface area contributed by atoms with Crippen LogP contribution in [0.25, 0.3) is 10.8 Å². The molecule has 0 unspecified atom stereocenters. The lowest BCUT2D eigenvalue weighted by atomic mass is 10.0. The second-order valence-corrected chi connectivity index (χ2v) is 7.77. The van der Waals surface area contributed by atoms with Gasteiger partial charge in [0.1, 0.15) is 11.9 Å². The average Bonchev–Trinajstić information content (AvgIpc) is 2.71. The zero-order chi connectivity index (χ0) is 19.9. The highest BCUT2D eigenvalue weighted by molar-refractivity contribution is 5.98. The zero-order valence-corrected chi connectivity index (χ0v) is 18.5. The first-order valence-corrected chi connectivity index (χ1v) is 10.3. The molecule has 160 valence electrons. The van der Waals surface area contributed by atoms with E-state index in [1.807, 2.05) is 30.3 Å². The summed E-state index contributed by atoms with van der Waals surface area (Å²) in [5.41, 5.74) is 0.680. The molecule has 1 aliphatic rings. The summed E-state index contributed by atoms with van der Waals surface area (Å²) in [4.78, 5) is 14.8. The normalized spacial score (nSPS) is 15.3. The van der Waals surface area contributed by atoms with Crippen LogP contribution in [-0.4, -0.2) is 56.3 Å². The number of methoxy groups -OCH3 is 1. The van der Waals surface area contributed by atoms with Gasteiger partial charge in [0.2, 0.25) is 0 Å². The Kier molecular flexibility index (Phi) is 9.21. The Balaban J connectivity index is 0.00000300. The number of nitrogens with one attached hydrogen (secondary N) is 1. The van der Waals surface area contributed by atoms with Gasteiger partial charge < -0.3 is 19.7 Å². The molecule has 0 spiro atoms. The van der Waals surface area contributed by atoms with E-state index in [-0.39, 0.29) is 24.4 Å². The standard InChI is InChI=1S/C23H32N2O3.ClH/c1-17(2)25-12-9-21(10-13-25)28-22-8-7-18-15-20(6-5-19(18)16-22)23(26)24-11-4-14-27-3;/h5-8,15-17,21H,4,9-14H2,1-3H3,(H,24,26);1H. The quantitative estimate of drug-likeness (QED) is 0.647. The maximum atomic E-state index is 12.3. The van der Waals surface area contributed by atoms with Crippen LogP contribution in [0.4, 0.5) is 0 Å². The van der Waals surface area contributed by atoms with Crippen molar-refractivity contribution in [1.82, 2.24) is 10.2 Å². The van der Waals surface area contributed by atoms with Crippen LogP contribution in [-0.2, 0) is 4.74 Å². The Morgan fingerprint density at radius 1 is 1.14 bits per heavy atom. The number of amides is 1. The number of hydrogen-bond acceptors (Lipinski definition) is 4. The van der Waals surface area contributed by atoms with E-state index in [0.717, 1.165) is 48.9 Å². The third-order valence-electron chi connectivity index (χ3n) is 5.39. The van der Waals surface area contributed by atoms with Crippen LogP contribution < -0.4 is 10.1 Å². The van der Waals surface area contributed by atoms with E-state index < -0.39 is 0 Å². The largest absolute Gasteiger partial charge is 0.490 e. The summed E-state index contributed by atoms with van der Waals surface area (Å²) in [5.74, 6) is 0.863. The number of nitrogens with zero attached hydrogens (tertiary/aromatic N) is 1. The summed E-state index contributed by atoms with van der Waals surface area (Å²) in [6.45, 7) is 7.96. The third kappa shape index (κ3) is 6.59. The van der Waals surface area contributed by atoms with Gasteiger partial charge >= 0.3 is 0 Å². The molecule has 0 bridgehead atoms. The Hall–Kier alpha value is -1.82. The van der Waals surface area contributed by atoms with Crippen molar-refractivity contribution >= 4 is 29.1 Å². The van der Waals surface area contributed by atoms with Gasteiger partial charge in [0.25, 0.3) is 5.91 Å². The summed E-state index contributed by atoms with van der Waals surface area (Å²) in [5, 5.41) is 5.07. The number of carbonyl (C=O) groups is 1. The second kappa shape index (κ2) is 11.4. The lowest BCUT2D eigenvalue weighted by Gasteiger charge is -2.34. The van der Waals surface area contributed by atoms with E-state index in [9.17, 15) is 4.79 Å². The van der Waals surface area contributed by atoms with Gasteiger partial charge in [0, 0.05) is 45.0 Å². The molecule has 1 N–H and O–H groups in total. The second-order valence-electron chi connectivity index (χ2n) is 7.77. The number of fused-ring (bicyclic) bond motifs is 1. The fourth-order valence-corrected chi connectivity index (χ4v) is 3.66. The Labute approximate surface area is 180 Å². The van der Waals surface area contributed by atoms with Crippen LogP contribution in [0.15, 0.2) is 36.4 Å². The van der Waals surface area contributed by atoms with Gasteiger partial charge in [-0.2, -0.15) is 0 Å². The molecular formula is C23H33ClN2O3. The van der Waals surface area contributed by atoms with Gasteiger partial charge in [-0.05, 0) is 68.1 Å². The van der Waals surface area contributed by atoms with Crippen molar-refractivity contribution in [3.05, 3.63) is 42.0 Å². The van der Waals surface area contributed by atoms with Crippen LogP contribution in [0.5, 0.6) is 5.75 Å². The molecule has 0 atom stereocenters. The number of carbonyl (C=O) groups excluding carboxylic acids is 1. The summed E-state index contributed by atoms with van der Waals surface area (Å²) in [7, 11) is 1.66. The highest BCUT2D eigenvalue weighted by atomic mass is 35.5. The van der Waals surface area contributed by atoms with E-state index in [0.29, 0.717) is 24.8 Å². The zero-order valence-electron chi connectivity index (χ0n) is 17.6. The van der Waals surface area contributed by atoms with Crippen LogP contribution in [0.2, 0.25) is 0 Å². The lowest BCUT2D eigenvalue weighted by molar-refractivity contribution is 0.0844. The molecule has 5 nitrogen and oxygen atoms in total. The number of benzene rings is 2. The first-order chi connectivity index (χ1) is 13.6. The molecule has 1 heterocycles. The van der Waals surface area contributed by atoms with E-state index >= 15 is 0 Å². The summed E-state index contributed by atoms with van der Waals surface area (Å²) >= 11 is 0. The molecule has 1 amide bonds. The van der Waals surface area contributed by atoms with Gasteiger partial charge in [-0.1, -0.05) is 12.1 Å².